The molecule has 5 nitrogen and oxygen atoms in total. The molecule has 1 saturated heterocycles. The molecule has 2 fully saturated rings. The van der Waals surface area contributed by atoms with E-state index in [0.717, 1.165) is 37.7 Å². The van der Waals surface area contributed by atoms with E-state index < -0.39 is 5.54 Å². The molecule has 6 heteroatoms. The van der Waals surface area contributed by atoms with Crippen LogP contribution in [0.5, 0.6) is 0 Å². The van der Waals surface area contributed by atoms with E-state index in [9.17, 15) is 9.59 Å². The van der Waals surface area contributed by atoms with Gasteiger partial charge in [0.15, 0.2) is 0 Å². The average molecular weight is 350 g/mol. The lowest BCUT2D eigenvalue weighted by Crippen LogP contribution is -2.61. The number of halogens is 1. The highest BCUT2D eigenvalue weighted by molar-refractivity contribution is 6.30. The van der Waals surface area contributed by atoms with Crippen LogP contribution in [0.1, 0.15) is 37.7 Å². The first-order chi connectivity index (χ1) is 11.5. The molecule has 3 rings (SSSR count). The van der Waals surface area contributed by atoms with Gasteiger partial charge in [0.05, 0.1) is 12.1 Å². The Morgan fingerprint density at radius 1 is 1.12 bits per heavy atom. The third-order valence-corrected chi connectivity index (χ3v) is 5.32. The molecule has 0 spiro atoms. The minimum absolute atomic E-state index is 0.0241. The molecule has 1 aromatic carbocycles. The number of carbonyl (C=O) groups is 2. The highest BCUT2D eigenvalue weighted by atomic mass is 35.5. The summed E-state index contributed by atoms with van der Waals surface area (Å²) in [5, 5.41) is 0.682. The number of piperazine rings is 1. The van der Waals surface area contributed by atoms with E-state index in [1.165, 1.54) is 0 Å². The van der Waals surface area contributed by atoms with Gasteiger partial charge in [-0.3, -0.25) is 9.59 Å². The molecule has 2 aliphatic rings. The van der Waals surface area contributed by atoms with Crippen molar-refractivity contribution in [3.8, 4) is 0 Å². The summed E-state index contributed by atoms with van der Waals surface area (Å²) in [7, 11) is 0. The fourth-order valence-electron chi connectivity index (χ4n) is 3.57. The van der Waals surface area contributed by atoms with Gasteiger partial charge in [-0.1, -0.05) is 43.0 Å². The first kappa shape index (κ1) is 17.2. The quantitative estimate of drug-likeness (QED) is 0.909. The van der Waals surface area contributed by atoms with Gasteiger partial charge in [0.25, 0.3) is 0 Å². The second-order valence-electron chi connectivity index (χ2n) is 6.89. The summed E-state index contributed by atoms with van der Waals surface area (Å²) in [6.07, 6.45) is 4.58. The molecule has 1 aliphatic heterocycles. The Morgan fingerprint density at radius 2 is 1.79 bits per heavy atom. The van der Waals surface area contributed by atoms with Crippen molar-refractivity contribution < 1.29 is 9.59 Å². The normalized spacial score (nSPS) is 21.0. The van der Waals surface area contributed by atoms with Crippen molar-refractivity contribution in [1.29, 1.82) is 0 Å². The molecule has 24 heavy (non-hydrogen) atoms. The lowest BCUT2D eigenvalue weighted by atomic mass is 9.81. The maximum absolute atomic E-state index is 12.7. The average Bonchev–Trinajstić information content (AvgIpc) is 2.58. The van der Waals surface area contributed by atoms with E-state index in [2.05, 4.69) is 0 Å². The van der Waals surface area contributed by atoms with Crippen molar-refractivity contribution in [3.63, 3.8) is 0 Å². The molecule has 0 bridgehead atoms. The predicted octanol–water partition coefficient (Wildman–Crippen LogP) is 2.17. The molecule has 0 unspecified atom stereocenters. The Labute approximate surface area is 147 Å². The molecule has 0 aromatic heterocycles. The predicted molar refractivity (Wildman–Crippen MR) is 93.5 cm³/mol. The third-order valence-electron chi connectivity index (χ3n) is 5.06. The minimum atomic E-state index is -0.767. The number of nitrogens with zero attached hydrogens (tertiary/aromatic N) is 2. The SMILES string of the molecule is NC1(C(=O)N2CCN(Cc3ccc(Cl)cc3)C(=O)C2)CCCCC1. The Morgan fingerprint density at radius 3 is 2.42 bits per heavy atom. The summed E-state index contributed by atoms with van der Waals surface area (Å²) in [6, 6.07) is 7.49. The van der Waals surface area contributed by atoms with Crippen molar-refractivity contribution >= 4 is 23.4 Å². The standard InChI is InChI=1S/C18H24ClN3O2/c19-15-6-4-14(5-7-15)12-21-10-11-22(13-16(21)23)17(24)18(20)8-2-1-3-9-18/h4-7H,1-3,8-13,20H2. The molecule has 0 atom stereocenters. The molecule has 2 N–H and O–H groups in total. The number of benzene rings is 1. The lowest BCUT2D eigenvalue weighted by molar-refractivity contribution is -0.149. The second kappa shape index (κ2) is 7.11. The highest BCUT2D eigenvalue weighted by Gasteiger charge is 2.40. The van der Waals surface area contributed by atoms with Crippen LogP contribution in [-0.2, 0) is 16.1 Å². The fraction of sp³-hybridized carbons (Fsp3) is 0.556. The van der Waals surface area contributed by atoms with Crippen molar-refractivity contribution in [2.45, 2.75) is 44.2 Å². The highest BCUT2D eigenvalue weighted by Crippen LogP contribution is 2.28. The van der Waals surface area contributed by atoms with Crippen LogP contribution in [0, 0.1) is 0 Å². The van der Waals surface area contributed by atoms with Gasteiger partial charge in [0.2, 0.25) is 11.8 Å². The van der Waals surface area contributed by atoms with E-state index in [1.54, 1.807) is 9.80 Å². The fourth-order valence-corrected chi connectivity index (χ4v) is 3.70. The Balaban J connectivity index is 1.59. The van der Waals surface area contributed by atoms with Gasteiger partial charge in [0.1, 0.15) is 0 Å². The maximum Gasteiger partial charge on any atom is 0.243 e. The molecular weight excluding hydrogens is 326 g/mol. The molecule has 1 aromatic rings. The summed E-state index contributed by atoms with van der Waals surface area (Å²) in [4.78, 5) is 28.6. The number of hydrogen-bond acceptors (Lipinski definition) is 3. The first-order valence-electron chi connectivity index (χ1n) is 8.58. The van der Waals surface area contributed by atoms with Crippen LogP contribution >= 0.6 is 11.6 Å². The van der Waals surface area contributed by atoms with Crippen LogP contribution in [0.4, 0.5) is 0 Å². The minimum Gasteiger partial charge on any atom is -0.335 e. The van der Waals surface area contributed by atoms with E-state index in [1.807, 2.05) is 24.3 Å². The Kier molecular flexibility index (Phi) is 5.11. The summed E-state index contributed by atoms with van der Waals surface area (Å²) in [5.74, 6) is -0.0781. The van der Waals surface area contributed by atoms with E-state index >= 15 is 0 Å². The van der Waals surface area contributed by atoms with Gasteiger partial charge >= 0.3 is 0 Å². The van der Waals surface area contributed by atoms with Crippen molar-refractivity contribution in [2.24, 2.45) is 5.73 Å². The molecular formula is C18H24ClN3O2. The van der Waals surface area contributed by atoms with Gasteiger partial charge < -0.3 is 15.5 Å². The third kappa shape index (κ3) is 3.73. The van der Waals surface area contributed by atoms with Gasteiger partial charge in [-0.05, 0) is 30.5 Å². The number of hydrogen-bond donors (Lipinski definition) is 1. The Hall–Kier alpha value is -1.59. The zero-order valence-corrected chi connectivity index (χ0v) is 14.6. The van der Waals surface area contributed by atoms with Gasteiger partial charge in [-0.2, -0.15) is 0 Å². The van der Waals surface area contributed by atoms with Crippen LogP contribution in [0.3, 0.4) is 0 Å². The zero-order chi connectivity index (χ0) is 17.2. The number of amides is 2. The number of carbonyl (C=O) groups excluding carboxylic acids is 2. The van der Waals surface area contributed by atoms with Crippen LogP contribution < -0.4 is 5.73 Å². The monoisotopic (exact) mass is 349 g/mol. The Bertz CT molecular complexity index is 611. The van der Waals surface area contributed by atoms with Gasteiger partial charge in [0, 0.05) is 24.7 Å². The second-order valence-corrected chi connectivity index (χ2v) is 7.32. The first-order valence-corrected chi connectivity index (χ1v) is 8.96. The van der Waals surface area contributed by atoms with Crippen molar-refractivity contribution in [2.75, 3.05) is 19.6 Å². The van der Waals surface area contributed by atoms with E-state index in [-0.39, 0.29) is 18.4 Å². The summed E-state index contributed by atoms with van der Waals surface area (Å²) in [5.41, 5.74) is 6.59. The van der Waals surface area contributed by atoms with E-state index in [0.29, 0.717) is 24.7 Å². The summed E-state index contributed by atoms with van der Waals surface area (Å²) in [6.45, 7) is 1.78. The summed E-state index contributed by atoms with van der Waals surface area (Å²) >= 11 is 5.89. The van der Waals surface area contributed by atoms with Gasteiger partial charge in [-0.25, -0.2) is 0 Å². The van der Waals surface area contributed by atoms with Crippen LogP contribution in [0.2, 0.25) is 5.02 Å². The molecule has 1 aliphatic carbocycles. The molecule has 2 amide bonds. The largest absolute Gasteiger partial charge is 0.335 e. The number of nitrogens with two attached hydrogens (primary N) is 1. The zero-order valence-electron chi connectivity index (χ0n) is 13.8. The summed E-state index contributed by atoms with van der Waals surface area (Å²) < 4.78 is 0. The molecule has 0 radical (unpaired) electrons. The molecule has 130 valence electrons. The van der Waals surface area contributed by atoms with Crippen LogP contribution in [0.25, 0.3) is 0 Å². The van der Waals surface area contributed by atoms with Crippen LogP contribution in [0.15, 0.2) is 24.3 Å². The topological polar surface area (TPSA) is 66.6 Å². The van der Waals surface area contributed by atoms with E-state index in [4.69, 9.17) is 17.3 Å². The van der Waals surface area contributed by atoms with Crippen molar-refractivity contribution in [1.82, 2.24) is 9.80 Å². The molecule has 1 saturated carbocycles. The lowest BCUT2D eigenvalue weighted by Gasteiger charge is -2.40. The number of rotatable bonds is 3. The maximum atomic E-state index is 12.7. The smallest absolute Gasteiger partial charge is 0.243 e. The van der Waals surface area contributed by atoms with Crippen LogP contribution in [-0.4, -0.2) is 46.8 Å². The van der Waals surface area contributed by atoms with Crippen molar-refractivity contribution in [3.05, 3.63) is 34.9 Å². The van der Waals surface area contributed by atoms with Gasteiger partial charge in [-0.15, -0.1) is 0 Å². The molecule has 1 heterocycles.